The molecule has 0 radical (unpaired) electrons. The van der Waals surface area contributed by atoms with Gasteiger partial charge in [-0.05, 0) is 58.1 Å². The summed E-state index contributed by atoms with van der Waals surface area (Å²) in [7, 11) is 0. The quantitative estimate of drug-likeness (QED) is 0.649. The lowest BCUT2D eigenvalue weighted by molar-refractivity contribution is 0.0175. The minimum absolute atomic E-state index is 0.0397. The molecule has 0 aromatic heterocycles. The van der Waals surface area contributed by atoms with Crippen LogP contribution in [0.1, 0.15) is 70.9 Å². The number of rotatable bonds is 5. The van der Waals surface area contributed by atoms with Crippen molar-refractivity contribution in [3.63, 3.8) is 0 Å². The maximum absolute atomic E-state index is 12.7. The third kappa shape index (κ3) is 4.32. The van der Waals surface area contributed by atoms with E-state index in [-0.39, 0.29) is 18.2 Å². The first-order chi connectivity index (χ1) is 13.3. The molecule has 5 nitrogen and oxygen atoms in total. The molecule has 1 aromatic rings. The van der Waals surface area contributed by atoms with Gasteiger partial charge in [-0.25, -0.2) is 4.79 Å². The van der Waals surface area contributed by atoms with E-state index in [2.05, 4.69) is 19.1 Å². The van der Waals surface area contributed by atoms with Crippen LogP contribution >= 0.6 is 0 Å². The average Bonchev–Trinajstić information content (AvgIpc) is 2.91. The maximum atomic E-state index is 12.7. The molecular weight excluding hydrogens is 352 g/mol. The third-order valence-electron chi connectivity index (χ3n) is 5.23. The molecule has 1 amide bonds. The Balaban J connectivity index is 1.87. The SMILES string of the molecule is CCCCOc1c(C#N)cccc1C1=C[C@H]2CC[C@@H](C1)N2C(=O)OC(C)(C)C. The van der Waals surface area contributed by atoms with Crippen molar-refractivity contribution in [1.29, 1.82) is 5.26 Å². The number of unbranched alkanes of at least 4 members (excludes halogenated alkanes) is 1. The Labute approximate surface area is 167 Å². The molecule has 2 atom stereocenters. The Morgan fingerprint density at radius 3 is 2.75 bits per heavy atom. The standard InChI is InChI=1S/C23H30N2O3/c1-5-6-12-27-21-16(15-24)8-7-9-20(21)17-13-18-10-11-19(14-17)25(18)22(26)28-23(2,3)4/h7-9,13,18-19H,5-6,10-12,14H2,1-4H3/t18-,19+/m1/s1. The van der Waals surface area contributed by atoms with Crippen LogP contribution in [0.2, 0.25) is 0 Å². The molecule has 2 bridgehead atoms. The zero-order chi connectivity index (χ0) is 20.3. The lowest BCUT2D eigenvalue weighted by Gasteiger charge is -2.35. The highest BCUT2D eigenvalue weighted by Crippen LogP contribution is 2.42. The molecule has 1 aromatic carbocycles. The van der Waals surface area contributed by atoms with E-state index in [0.29, 0.717) is 17.9 Å². The number of carbonyl (C=O) groups excluding carboxylic acids is 1. The Kier molecular flexibility index (Phi) is 5.98. The van der Waals surface area contributed by atoms with E-state index in [1.165, 1.54) is 0 Å². The highest BCUT2D eigenvalue weighted by atomic mass is 16.6. The van der Waals surface area contributed by atoms with Gasteiger partial charge in [-0.1, -0.05) is 31.6 Å². The molecule has 0 saturated carbocycles. The van der Waals surface area contributed by atoms with Gasteiger partial charge >= 0.3 is 6.09 Å². The van der Waals surface area contributed by atoms with Crippen LogP contribution in [0, 0.1) is 11.3 Å². The van der Waals surface area contributed by atoms with Crippen LogP contribution < -0.4 is 4.74 Å². The van der Waals surface area contributed by atoms with Crippen molar-refractivity contribution < 1.29 is 14.3 Å². The predicted octanol–water partition coefficient (Wildman–Crippen LogP) is 5.29. The Morgan fingerprint density at radius 1 is 1.32 bits per heavy atom. The lowest BCUT2D eigenvalue weighted by atomic mass is 9.93. The van der Waals surface area contributed by atoms with Crippen LogP contribution in [0.4, 0.5) is 4.79 Å². The maximum Gasteiger partial charge on any atom is 0.411 e. The van der Waals surface area contributed by atoms with Crippen molar-refractivity contribution in [3.8, 4) is 11.8 Å². The lowest BCUT2D eigenvalue weighted by Crippen LogP contribution is -2.45. The van der Waals surface area contributed by atoms with Gasteiger partial charge in [0, 0.05) is 11.6 Å². The summed E-state index contributed by atoms with van der Waals surface area (Å²) in [5, 5.41) is 9.52. The van der Waals surface area contributed by atoms with Gasteiger partial charge in [0.05, 0.1) is 18.2 Å². The first-order valence-corrected chi connectivity index (χ1v) is 10.2. The number of fused-ring (bicyclic) bond motifs is 2. The molecule has 0 spiro atoms. The van der Waals surface area contributed by atoms with Crippen LogP contribution in [-0.2, 0) is 4.74 Å². The summed E-state index contributed by atoms with van der Waals surface area (Å²) in [6.07, 6.45) is 6.59. The number of para-hydroxylation sites is 1. The number of amides is 1. The predicted molar refractivity (Wildman–Crippen MR) is 109 cm³/mol. The first kappa shape index (κ1) is 20.3. The van der Waals surface area contributed by atoms with E-state index in [1.807, 2.05) is 37.8 Å². The topological polar surface area (TPSA) is 62.6 Å². The largest absolute Gasteiger partial charge is 0.492 e. The fourth-order valence-electron chi connectivity index (χ4n) is 3.98. The molecule has 1 fully saturated rings. The Morgan fingerprint density at radius 2 is 2.11 bits per heavy atom. The smallest absolute Gasteiger partial charge is 0.411 e. The minimum Gasteiger partial charge on any atom is -0.492 e. The first-order valence-electron chi connectivity index (χ1n) is 10.2. The fourth-order valence-corrected chi connectivity index (χ4v) is 3.98. The molecule has 0 aliphatic carbocycles. The number of hydrogen-bond acceptors (Lipinski definition) is 4. The van der Waals surface area contributed by atoms with E-state index in [1.54, 1.807) is 6.07 Å². The van der Waals surface area contributed by atoms with Gasteiger partial charge in [-0.3, -0.25) is 4.90 Å². The van der Waals surface area contributed by atoms with Gasteiger partial charge in [0.2, 0.25) is 0 Å². The minimum atomic E-state index is -0.498. The summed E-state index contributed by atoms with van der Waals surface area (Å²) in [5.74, 6) is 0.676. The van der Waals surface area contributed by atoms with Gasteiger partial charge in [0.25, 0.3) is 0 Å². The van der Waals surface area contributed by atoms with Crippen molar-refractivity contribution in [3.05, 3.63) is 35.4 Å². The zero-order valence-corrected chi connectivity index (χ0v) is 17.3. The molecule has 28 heavy (non-hydrogen) atoms. The second-order valence-electron chi connectivity index (χ2n) is 8.58. The second kappa shape index (κ2) is 8.26. The molecule has 150 valence electrons. The van der Waals surface area contributed by atoms with Gasteiger partial charge in [0.15, 0.2) is 0 Å². The number of carbonyl (C=O) groups is 1. The van der Waals surface area contributed by atoms with Crippen LogP contribution in [0.15, 0.2) is 24.3 Å². The highest BCUT2D eigenvalue weighted by Gasteiger charge is 2.42. The molecule has 2 heterocycles. The molecule has 1 saturated heterocycles. The van der Waals surface area contributed by atoms with Crippen molar-refractivity contribution in [2.75, 3.05) is 6.61 Å². The number of nitriles is 1. The third-order valence-corrected chi connectivity index (χ3v) is 5.23. The van der Waals surface area contributed by atoms with E-state index in [0.717, 1.165) is 43.2 Å². The van der Waals surface area contributed by atoms with Gasteiger partial charge < -0.3 is 9.47 Å². The second-order valence-corrected chi connectivity index (χ2v) is 8.58. The molecular formula is C23H30N2O3. The van der Waals surface area contributed by atoms with E-state index < -0.39 is 5.60 Å². The molecule has 5 heteroatoms. The van der Waals surface area contributed by atoms with Crippen LogP contribution in [0.25, 0.3) is 5.57 Å². The number of nitrogens with zero attached hydrogens (tertiary/aromatic N) is 2. The number of ether oxygens (including phenoxy) is 2. The summed E-state index contributed by atoms with van der Waals surface area (Å²) in [5.41, 5.74) is 2.21. The van der Waals surface area contributed by atoms with Crippen LogP contribution in [-0.4, -0.2) is 35.3 Å². The Bertz CT molecular complexity index is 801. The average molecular weight is 383 g/mol. The fraction of sp³-hybridized carbons (Fsp3) is 0.565. The molecule has 3 rings (SSSR count). The zero-order valence-electron chi connectivity index (χ0n) is 17.3. The number of benzene rings is 1. The monoisotopic (exact) mass is 382 g/mol. The Hall–Kier alpha value is -2.48. The van der Waals surface area contributed by atoms with Crippen LogP contribution in [0.5, 0.6) is 5.75 Å². The summed E-state index contributed by atoms with van der Waals surface area (Å²) in [6, 6.07) is 8.16. The number of hydrogen-bond donors (Lipinski definition) is 0. The summed E-state index contributed by atoms with van der Waals surface area (Å²) < 4.78 is 11.6. The molecule has 0 N–H and O–H groups in total. The molecule has 2 aliphatic rings. The van der Waals surface area contributed by atoms with Gasteiger partial charge in [-0.15, -0.1) is 0 Å². The van der Waals surface area contributed by atoms with Crippen molar-refractivity contribution >= 4 is 11.7 Å². The normalized spacial score (nSPS) is 21.1. The van der Waals surface area contributed by atoms with Crippen molar-refractivity contribution in [2.24, 2.45) is 0 Å². The van der Waals surface area contributed by atoms with Crippen molar-refractivity contribution in [2.45, 2.75) is 77.5 Å². The summed E-state index contributed by atoms with van der Waals surface area (Å²) in [6.45, 7) is 8.40. The van der Waals surface area contributed by atoms with E-state index >= 15 is 0 Å². The summed E-state index contributed by atoms with van der Waals surface area (Å²) >= 11 is 0. The van der Waals surface area contributed by atoms with Gasteiger partial charge in [0.1, 0.15) is 17.4 Å². The summed E-state index contributed by atoms with van der Waals surface area (Å²) in [4.78, 5) is 14.6. The van der Waals surface area contributed by atoms with E-state index in [4.69, 9.17) is 9.47 Å². The molecule has 0 unspecified atom stereocenters. The van der Waals surface area contributed by atoms with Crippen molar-refractivity contribution in [1.82, 2.24) is 4.90 Å². The highest BCUT2D eigenvalue weighted by molar-refractivity contribution is 5.78. The van der Waals surface area contributed by atoms with Gasteiger partial charge in [-0.2, -0.15) is 5.26 Å². The van der Waals surface area contributed by atoms with E-state index in [9.17, 15) is 10.1 Å². The molecule has 2 aliphatic heterocycles. The van der Waals surface area contributed by atoms with Crippen LogP contribution in [0.3, 0.4) is 0 Å².